The van der Waals surface area contributed by atoms with E-state index in [1.807, 2.05) is 12.1 Å². The lowest BCUT2D eigenvalue weighted by molar-refractivity contribution is 0.355. The molecule has 0 atom stereocenters. The van der Waals surface area contributed by atoms with Crippen LogP contribution in [0.15, 0.2) is 81.0 Å². The molecule has 0 aliphatic carbocycles. The Balaban J connectivity index is 1.62. The number of benzene rings is 1. The Morgan fingerprint density at radius 1 is 1.06 bits per heavy atom. The molecule has 0 radical (unpaired) electrons. The molecule has 31 heavy (non-hydrogen) atoms. The highest BCUT2D eigenvalue weighted by Gasteiger charge is 2.27. The largest absolute Gasteiger partial charge is 0.497 e. The SMILES string of the molecule is COc1ccc(-c2nc(CN(Cc3ccco3)S(=O)(=O)c3ccc(Cl)nc3)co2)cc1. The van der Waals surface area contributed by atoms with E-state index >= 15 is 0 Å². The summed E-state index contributed by atoms with van der Waals surface area (Å²) in [6.45, 7) is -0.00595. The van der Waals surface area contributed by atoms with Gasteiger partial charge in [0.2, 0.25) is 15.9 Å². The van der Waals surface area contributed by atoms with Gasteiger partial charge in [0.1, 0.15) is 27.8 Å². The van der Waals surface area contributed by atoms with E-state index in [0.717, 1.165) is 5.56 Å². The van der Waals surface area contributed by atoms with Crippen molar-refractivity contribution >= 4 is 21.6 Å². The third-order valence-corrected chi connectivity index (χ3v) is 6.48. The maximum absolute atomic E-state index is 13.3. The van der Waals surface area contributed by atoms with Gasteiger partial charge in [-0.25, -0.2) is 18.4 Å². The Morgan fingerprint density at radius 2 is 1.87 bits per heavy atom. The summed E-state index contributed by atoms with van der Waals surface area (Å²) in [5.41, 5.74) is 1.19. The maximum atomic E-state index is 13.3. The molecule has 0 saturated heterocycles. The van der Waals surface area contributed by atoms with Crippen LogP contribution in [0.1, 0.15) is 11.5 Å². The van der Waals surface area contributed by atoms with Crippen molar-refractivity contribution in [2.45, 2.75) is 18.0 Å². The predicted octanol–water partition coefficient (Wildman–Crippen LogP) is 4.38. The molecule has 8 nitrogen and oxygen atoms in total. The zero-order valence-corrected chi connectivity index (χ0v) is 18.0. The summed E-state index contributed by atoms with van der Waals surface area (Å²) in [5, 5.41) is 0.206. The number of methoxy groups -OCH3 is 1. The first-order chi connectivity index (χ1) is 15.0. The monoisotopic (exact) mass is 459 g/mol. The van der Waals surface area contributed by atoms with Crippen LogP contribution < -0.4 is 4.74 Å². The van der Waals surface area contributed by atoms with Gasteiger partial charge < -0.3 is 13.6 Å². The summed E-state index contributed by atoms with van der Waals surface area (Å²) < 4.78 is 43.8. The van der Waals surface area contributed by atoms with Gasteiger partial charge >= 0.3 is 0 Å². The van der Waals surface area contributed by atoms with Crippen LogP contribution >= 0.6 is 11.6 Å². The molecule has 0 unspecified atom stereocenters. The van der Waals surface area contributed by atoms with Crippen LogP contribution in [0.5, 0.6) is 5.75 Å². The minimum Gasteiger partial charge on any atom is -0.497 e. The molecule has 0 bridgehead atoms. The lowest BCUT2D eigenvalue weighted by Gasteiger charge is -2.20. The summed E-state index contributed by atoms with van der Waals surface area (Å²) in [6, 6.07) is 13.4. The second kappa shape index (κ2) is 8.93. The van der Waals surface area contributed by atoms with Gasteiger partial charge in [-0.05, 0) is 48.5 Å². The Kier molecular flexibility index (Phi) is 6.08. The first-order valence-corrected chi connectivity index (χ1v) is 11.0. The minimum absolute atomic E-state index is 0.0160. The second-order valence-electron chi connectivity index (χ2n) is 6.54. The average Bonchev–Trinajstić information content (AvgIpc) is 3.46. The molecule has 0 saturated carbocycles. The molecule has 10 heteroatoms. The number of ether oxygens (including phenoxy) is 1. The van der Waals surface area contributed by atoms with Gasteiger partial charge in [-0.1, -0.05) is 11.6 Å². The Labute approximate surface area is 184 Å². The highest BCUT2D eigenvalue weighted by molar-refractivity contribution is 7.89. The summed E-state index contributed by atoms with van der Waals surface area (Å²) >= 11 is 5.80. The van der Waals surface area contributed by atoms with Crippen LogP contribution in [0.2, 0.25) is 5.15 Å². The van der Waals surface area contributed by atoms with Gasteiger partial charge in [-0.15, -0.1) is 0 Å². The lowest BCUT2D eigenvalue weighted by atomic mass is 10.2. The molecule has 3 heterocycles. The predicted molar refractivity (Wildman–Crippen MR) is 113 cm³/mol. The third-order valence-electron chi connectivity index (χ3n) is 4.48. The van der Waals surface area contributed by atoms with Gasteiger partial charge in [-0.3, -0.25) is 0 Å². The van der Waals surface area contributed by atoms with Crippen LogP contribution in [0.3, 0.4) is 0 Å². The van der Waals surface area contributed by atoms with E-state index in [-0.39, 0.29) is 23.1 Å². The smallest absolute Gasteiger partial charge is 0.245 e. The topological polar surface area (TPSA) is 98.7 Å². The normalized spacial score (nSPS) is 11.7. The van der Waals surface area contributed by atoms with Crippen molar-refractivity contribution in [3.8, 4) is 17.2 Å². The van der Waals surface area contributed by atoms with Gasteiger partial charge in [0.15, 0.2) is 0 Å². The standard InChI is InChI=1S/C21H18ClN3O5S/c1-28-17-6-4-15(5-7-17)21-24-16(14-30-21)12-25(13-18-3-2-10-29-18)31(26,27)19-8-9-20(22)23-11-19/h2-11,14H,12-13H2,1H3. The molecular weight excluding hydrogens is 442 g/mol. The number of hydrogen-bond donors (Lipinski definition) is 0. The quantitative estimate of drug-likeness (QED) is 0.360. The summed E-state index contributed by atoms with van der Waals surface area (Å²) in [4.78, 5) is 8.34. The van der Waals surface area contributed by atoms with E-state index in [1.54, 1.807) is 31.4 Å². The number of furan rings is 1. The zero-order valence-electron chi connectivity index (χ0n) is 16.4. The molecule has 0 aliphatic heterocycles. The highest BCUT2D eigenvalue weighted by atomic mass is 35.5. The van der Waals surface area contributed by atoms with Crippen LogP contribution in [0.25, 0.3) is 11.5 Å². The number of hydrogen-bond acceptors (Lipinski definition) is 7. The number of halogens is 1. The molecule has 160 valence electrons. The fourth-order valence-corrected chi connectivity index (χ4v) is 4.33. The number of aromatic nitrogens is 2. The molecule has 0 N–H and O–H groups in total. The molecule has 0 amide bonds. The zero-order chi connectivity index (χ0) is 21.8. The fraction of sp³-hybridized carbons (Fsp3) is 0.143. The third kappa shape index (κ3) is 4.79. The first kappa shape index (κ1) is 21.1. The van der Waals surface area contributed by atoms with Crippen molar-refractivity contribution in [3.05, 3.63) is 83.9 Å². The van der Waals surface area contributed by atoms with E-state index in [1.165, 1.54) is 35.2 Å². The van der Waals surface area contributed by atoms with E-state index in [2.05, 4.69) is 9.97 Å². The molecule has 4 rings (SSSR count). The van der Waals surface area contributed by atoms with E-state index < -0.39 is 10.0 Å². The van der Waals surface area contributed by atoms with Gasteiger partial charge in [0.25, 0.3) is 0 Å². The fourth-order valence-electron chi connectivity index (χ4n) is 2.89. The first-order valence-electron chi connectivity index (χ1n) is 9.18. The van der Waals surface area contributed by atoms with E-state index in [0.29, 0.717) is 23.1 Å². The van der Waals surface area contributed by atoms with Crippen molar-refractivity contribution in [2.75, 3.05) is 7.11 Å². The average molecular weight is 460 g/mol. The Bertz CT molecular complexity index is 1240. The van der Waals surface area contributed by atoms with Gasteiger partial charge in [0, 0.05) is 11.8 Å². The summed E-state index contributed by atoms with van der Waals surface area (Å²) in [7, 11) is -2.32. The molecule has 0 fully saturated rings. The number of pyridine rings is 1. The van der Waals surface area contributed by atoms with Crippen LogP contribution in [0, 0.1) is 0 Å². The van der Waals surface area contributed by atoms with Crippen molar-refractivity contribution in [3.63, 3.8) is 0 Å². The summed E-state index contributed by atoms with van der Waals surface area (Å²) in [6.07, 6.45) is 4.14. The van der Waals surface area contributed by atoms with E-state index in [4.69, 9.17) is 25.2 Å². The maximum Gasteiger partial charge on any atom is 0.245 e. The number of sulfonamides is 1. The number of nitrogens with zero attached hydrogens (tertiary/aromatic N) is 3. The van der Waals surface area contributed by atoms with Crippen molar-refractivity contribution < 1.29 is 22.0 Å². The van der Waals surface area contributed by atoms with Gasteiger partial charge in [-0.2, -0.15) is 4.31 Å². The summed E-state index contributed by atoms with van der Waals surface area (Å²) in [5.74, 6) is 1.58. The van der Waals surface area contributed by atoms with Crippen LogP contribution in [-0.4, -0.2) is 29.8 Å². The van der Waals surface area contributed by atoms with Crippen molar-refractivity contribution in [2.24, 2.45) is 0 Å². The Hall–Kier alpha value is -3.14. The number of oxazole rings is 1. The lowest BCUT2D eigenvalue weighted by Crippen LogP contribution is -2.30. The molecule has 3 aromatic heterocycles. The van der Waals surface area contributed by atoms with Crippen molar-refractivity contribution in [1.29, 1.82) is 0 Å². The Morgan fingerprint density at radius 3 is 2.52 bits per heavy atom. The molecule has 0 spiro atoms. The highest BCUT2D eigenvalue weighted by Crippen LogP contribution is 2.25. The van der Waals surface area contributed by atoms with Crippen LogP contribution in [-0.2, 0) is 23.1 Å². The second-order valence-corrected chi connectivity index (χ2v) is 8.87. The molecular formula is C21H18ClN3O5S. The number of rotatable bonds is 8. The van der Waals surface area contributed by atoms with Gasteiger partial charge in [0.05, 0.1) is 32.2 Å². The van der Waals surface area contributed by atoms with Crippen LogP contribution in [0.4, 0.5) is 0 Å². The molecule has 4 aromatic rings. The van der Waals surface area contributed by atoms with E-state index in [9.17, 15) is 8.42 Å². The minimum atomic E-state index is -3.90. The molecule has 0 aliphatic rings. The molecule has 1 aromatic carbocycles. The van der Waals surface area contributed by atoms with Crippen molar-refractivity contribution in [1.82, 2.24) is 14.3 Å².